The van der Waals surface area contributed by atoms with Crippen molar-refractivity contribution >= 4 is 22.9 Å². The van der Waals surface area contributed by atoms with Crippen molar-refractivity contribution in [3.8, 4) is 0 Å². The van der Waals surface area contributed by atoms with Crippen LogP contribution in [0.1, 0.15) is 48.8 Å². The standard InChI is InChI=1S/C17H22N4O4/c1-10(2)21-14-12(9-18-21)8-13(11(3)19-14)15(22)20-6-4-17(25,5-7-20)16(23)24/h8-10,25H,4-7H2,1-3H3,(H,23,24). The van der Waals surface area contributed by atoms with Gasteiger partial charge in [0.15, 0.2) is 11.2 Å². The number of aromatic nitrogens is 3. The molecule has 2 aromatic rings. The SMILES string of the molecule is Cc1nc2c(cnn2C(C)C)cc1C(=O)N1CCC(O)(C(=O)O)CC1. The molecule has 0 spiro atoms. The Morgan fingerprint density at radius 1 is 1.28 bits per heavy atom. The predicted molar refractivity (Wildman–Crippen MR) is 90.4 cm³/mol. The zero-order chi connectivity index (χ0) is 18.4. The molecule has 0 bridgehead atoms. The molecule has 0 saturated carbocycles. The van der Waals surface area contributed by atoms with E-state index in [0.717, 1.165) is 11.0 Å². The van der Waals surface area contributed by atoms with E-state index in [1.807, 2.05) is 18.5 Å². The average Bonchev–Trinajstić information content (AvgIpc) is 2.97. The van der Waals surface area contributed by atoms with Gasteiger partial charge in [-0.15, -0.1) is 0 Å². The van der Waals surface area contributed by atoms with Gasteiger partial charge in [0, 0.05) is 37.4 Å². The lowest BCUT2D eigenvalue weighted by Gasteiger charge is -2.35. The molecule has 1 amide bonds. The number of rotatable bonds is 3. The molecular formula is C17H22N4O4. The summed E-state index contributed by atoms with van der Waals surface area (Å²) in [6.07, 6.45) is 1.74. The molecule has 2 aromatic heterocycles. The maximum atomic E-state index is 12.8. The number of carboxylic acids is 1. The number of aliphatic hydroxyl groups is 1. The van der Waals surface area contributed by atoms with Gasteiger partial charge in [-0.3, -0.25) is 4.79 Å². The molecule has 0 unspecified atom stereocenters. The molecule has 8 nitrogen and oxygen atoms in total. The second-order valence-corrected chi connectivity index (χ2v) is 6.85. The molecule has 134 valence electrons. The van der Waals surface area contributed by atoms with Gasteiger partial charge in [-0.25, -0.2) is 14.5 Å². The highest BCUT2D eigenvalue weighted by molar-refractivity contribution is 5.98. The van der Waals surface area contributed by atoms with E-state index in [9.17, 15) is 14.7 Å². The molecule has 1 aliphatic heterocycles. The summed E-state index contributed by atoms with van der Waals surface area (Å²) in [7, 11) is 0. The fourth-order valence-electron chi connectivity index (χ4n) is 3.12. The van der Waals surface area contributed by atoms with Gasteiger partial charge in [-0.05, 0) is 26.8 Å². The monoisotopic (exact) mass is 346 g/mol. The number of hydrogen-bond acceptors (Lipinski definition) is 5. The summed E-state index contributed by atoms with van der Waals surface area (Å²) in [6, 6.07) is 1.95. The van der Waals surface area contributed by atoms with Gasteiger partial charge >= 0.3 is 5.97 Å². The Kier molecular flexibility index (Phi) is 4.24. The Bertz CT molecular complexity index is 835. The highest BCUT2D eigenvalue weighted by Crippen LogP contribution is 2.25. The highest BCUT2D eigenvalue weighted by atomic mass is 16.4. The average molecular weight is 346 g/mol. The van der Waals surface area contributed by atoms with Crippen molar-refractivity contribution in [2.45, 2.75) is 45.3 Å². The van der Waals surface area contributed by atoms with Crippen LogP contribution in [-0.4, -0.2) is 60.4 Å². The Labute approximate surface area is 145 Å². The molecule has 0 aliphatic carbocycles. The van der Waals surface area contributed by atoms with Crippen molar-refractivity contribution in [3.05, 3.63) is 23.5 Å². The molecule has 0 atom stereocenters. The van der Waals surface area contributed by atoms with Crippen LogP contribution in [0.15, 0.2) is 12.3 Å². The Morgan fingerprint density at radius 2 is 1.92 bits per heavy atom. The zero-order valence-corrected chi connectivity index (χ0v) is 14.6. The third kappa shape index (κ3) is 2.97. The number of amides is 1. The summed E-state index contributed by atoms with van der Waals surface area (Å²) < 4.78 is 1.81. The van der Waals surface area contributed by atoms with Gasteiger partial charge in [0.25, 0.3) is 5.91 Å². The number of carboxylic acid groups (broad SMARTS) is 1. The molecule has 1 saturated heterocycles. The molecular weight excluding hydrogens is 324 g/mol. The van der Waals surface area contributed by atoms with Crippen molar-refractivity contribution in [2.75, 3.05) is 13.1 Å². The van der Waals surface area contributed by atoms with Gasteiger partial charge in [0.2, 0.25) is 0 Å². The normalized spacial score (nSPS) is 17.2. The summed E-state index contributed by atoms with van der Waals surface area (Å²) in [5.74, 6) is -1.43. The van der Waals surface area contributed by atoms with Crippen LogP contribution in [0.25, 0.3) is 11.0 Å². The maximum absolute atomic E-state index is 12.8. The first-order valence-electron chi connectivity index (χ1n) is 8.33. The van der Waals surface area contributed by atoms with E-state index in [1.54, 1.807) is 24.1 Å². The molecule has 25 heavy (non-hydrogen) atoms. The lowest BCUT2D eigenvalue weighted by atomic mass is 9.91. The summed E-state index contributed by atoms with van der Waals surface area (Å²) in [6.45, 7) is 6.20. The Morgan fingerprint density at radius 3 is 2.48 bits per heavy atom. The second kappa shape index (κ2) is 6.11. The number of pyridine rings is 1. The van der Waals surface area contributed by atoms with Crippen LogP contribution in [0.2, 0.25) is 0 Å². The van der Waals surface area contributed by atoms with E-state index in [1.165, 1.54) is 0 Å². The van der Waals surface area contributed by atoms with Crippen LogP contribution in [0.5, 0.6) is 0 Å². The minimum absolute atomic E-state index is 0.0219. The largest absolute Gasteiger partial charge is 0.479 e. The van der Waals surface area contributed by atoms with Crippen molar-refractivity contribution in [2.24, 2.45) is 0 Å². The van der Waals surface area contributed by atoms with Gasteiger partial charge in [-0.2, -0.15) is 5.10 Å². The number of aryl methyl sites for hydroxylation is 1. The third-order valence-corrected chi connectivity index (χ3v) is 4.76. The van der Waals surface area contributed by atoms with E-state index in [0.29, 0.717) is 11.3 Å². The minimum atomic E-state index is -1.74. The van der Waals surface area contributed by atoms with E-state index in [2.05, 4.69) is 10.1 Å². The lowest BCUT2D eigenvalue weighted by Crippen LogP contribution is -2.50. The maximum Gasteiger partial charge on any atom is 0.335 e. The number of carbonyl (C=O) groups is 2. The summed E-state index contributed by atoms with van der Waals surface area (Å²) >= 11 is 0. The van der Waals surface area contributed by atoms with Crippen LogP contribution >= 0.6 is 0 Å². The van der Waals surface area contributed by atoms with Crippen LogP contribution in [0, 0.1) is 6.92 Å². The van der Waals surface area contributed by atoms with Crippen LogP contribution in [0.3, 0.4) is 0 Å². The number of likely N-dealkylation sites (tertiary alicyclic amines) is 1. The van der Waals surface area contributed by atoms with Gasteiger partial charge in [-0.1, -0.05) is 0 Å². The summed E-state index contributed by atoms with van der Waals surface area (Å²) in [4.78, 5) is 30.0. The number of aliphatic carboxylic acids is 1. The number of piperidine rings is 1. The Hall–Kier alpha value is -2.48. The van der Waals surface area contributed by atoms with Gasteiger partial charge in [0.1, 0.15) is 0 Å². The molecule has 3 heterocycles. The van der Waals surface area contributed by atoms with E-state index in [4.69, 9.17) is 5.11 Å². The second-order valence-electron chi connectivity index (χ2n) is 6.85. The summed E-state index contributed by atoms with van der Waals surface area (Å²) in [5, 5.41) is 24.2. The van der Waals surface area contributed by atoms with Gasteiger partial charge in [0.05, 0.1) is 17.5 Å². The first-order valence-corrected chi connectivity index (χ1v) is 8.33. The number of hydrogen-bond donors (Lipinski definition) is 2. The number of carbonyl (C=O) groups excluding carboxylic acids is 1. The van der Waals surface area contributed by atoms with E-state index < -0.39 is 11.6 Å². The van der Waals surface area contributed by atoms with E-state index >= 15 is 0 Å². The molecule has 1 fully saturated rings. The molecule has 1 aliphatic rings. The van der Waals surface area contributed by atoms with Crippen molar-refractivity contribution in [1.29, 1.82) is 0 Å². The smallest absolute Gasteiger partial charge is 0.335 e. The number of fused-ring (bicyclic) bond motifs is 1. The summed E-state index contributed by atoms with van der Waals surface area (Å²) in [5.41, 5.74) is 0.0883. The van der Waals surface area contributed by atoms with Crippen LogP contribution < -0.4 is 0 Å². The van der Waals surface area contributed by atoms with Crippen molar-refractivity contribution in [1.82, 2.24) is 19.7 Å². The quantitative estimate of drug-likeness (QED) is 0.869. The fraction of sp³-hybridized carbons (Fsp3) is 0.529. The predicted octanol–water partition coefficient (Wildman–Crippen LogP) is 1.37. The molecule has 0 radical (unpaired) electrons. The van der Waals surface area contributed by atoms with E-state index in [-0.39, 0.29) is 37.9 Å². The number of nitrogens with zero attached hydrogens (tertiary/aromatic N) is 4. The minimum Gasteiger partial charge on any atom is -0.479 e. The van der Waals surface area contributed by atoms with Crippen LogP contribution in [0.4, 0.5) is 0 Å². The highest BCUT2D eigenvalue weighted by Gasteiger charge is 2.40. The molecule has 3 rings (SSSR count). The fourth-order valence-corrected chi connectivity index (χ4v) is 3.12. The Balaban J connectivity index is 1.86. The molecule has 8 heteroatoms. The van der Waals surface area contributed by atoms with Crippen molar-refractivity contribution in [3.63, 3.8) is 0 Å². The first-order chi connectivity index (χ1) is 11.7. The third-order valence-electron chi connectivity index (χ3n) is 4.76. The molecule has 2 N–H and O–H groups in total. The molecule has 0 aromatic carbocycles. The van der Waals surface area contributed by atoms with Crippen molar-refractivity contribution < 1.29 is 19.8 Å². The van der Waals surface area contributed by atoms with Gasteiger partial charge < -0.3 is 15.1 Å². The van der Waals surface area contributed by atoms with Crippen LogP contribution in [-0.2, 0) is 4.79 Å². The topological polar surface area (TPSA) is 109 Å². The zero-order valence-electron chi connectivity index (χ0n) is 14.6. The lowest BCUT2D eigenvalue weighted by molar-refractivity contribution is -0.162. The first kappa shape index (κ1) is 17.3.